The molecule has 0 aromatic heterocycles. The summed E-state index contributed by atoms with van der Waals surface area (Å²) in [5, 5.41) is 0. The molecule has 0 aromatic rings. The minimum atomic E-state index is -0.610. The molecule has 6 heteroatoms. The highest BCUT2D eigenvalue weighted by molar-refractivity contribution is 6.04. The average Bonchev–Trinajstić information content (AvgIpc) is 2.40. The van der Waals surface area contributed by atoms with Gasteiger partial charge in [0, 0.05) is 0 Å². The Kier molecular flexibility index (Phi) is 2.95. The van der Waals surface area contributed by atoms with Gasteiger partial charge in [-0.05, 0) is 6.92 Å². The number of carbonyl (C=O) groups is 2. The third-order valence-corrected chi connectivity index (χ3v) is 2.18. The Hall–Kier alpha value is -2.03. The molecule has 1 rings (SSSR count). The van der Waals surface area contributed by atoms with E-state index in [1.165, 1.54) is 4.90 Å². The van der Waals surface area contributed by atoms with Crippen LogP contribution in [0.4, 0.5) is 4.79 Å². The van der Waals surface area contributed by atoms with Crippen LogP contribution < -0.4 is 11.5 Å². The van der Waals surface area contributed by atoms with E-state index in [1.54, 1.807) is 6.92 Å². The topological polar surface area (TPSA) is 102 Å². The standard InChI is InChI=1S/C9H12N4O2/c1-3-5(2)13-6(4-7(10)14)8(11)12-9(13)15/h1,5-6H,4H2,2H3,(H2,10,14)(H2,11,12,15). The summed E-state index contributed by atoms with van der Waals surface area (Å²) in [5.74, 6) is 1.92. The van der Waals surface area contributed by atoms with Crippen molar-refractivity contribution < 1.29 is 9.59 Å². The number of rotatable bonds is 3. The van der Waals surface area contributed by atoms with Crippen LogP contribution in [0, 0.1) is 12.3 Å². The first-order valence-electron chi connectivity index (χ1n) is 4.38. The summed E-state index contributed by atoms with van der Waals surface area (Å²) in [6, 6.07) is -1.60. The lowest BCUT2D eigenvalue weighted by Gasteiger charge is -2.25. The highest BCUT2D eigenvalue weighted by atomic mass is 16.2. The van der Waals surface area contributed by atoms with Crippen LogP contribution in [0.1, 0.15) is 13.3 Å². The molecular formula is C9H12N4O2. The van der Waals surface area contributed by atoms with E-state index in [-0.39, 0.29) is 12.3 Å². The van der Waals surface area contributed by atoms with Gasteiger partial charge in [0.05, 0.1) is 12.5 Å². The molecule has 2 unspecified atom stereocenters. The molecule has 0 aromatic carbocycles. The normalized spacial score (nSPS) is 22.1. The molecule has 0 saturated heterocycles. The van der Waals surface area contributed by atoms with Gasteiger partial charge < -0.3 is 11.5 Å². The molecule has 6 nitrogen and oxygen atoms in total. The van der Waals surface area contributed by atoms with E-state index < -0.39 is 24.0 Å². The number of primary amides is 1. The second kappa shape index (κ2) is 4.00. The second-order valence-corrected chi connectivity index (χ2v) is 3.26. The number of urea groups is 1. The van der Waals surface area contributed by atoms with Crippen molar-refractivity contribution in [2.75, 3.05) is 0 Å². The largest absolute Gasteiger partial charge is 0.385 e. The van der Waals surface area contributed by atoms with E-state index in [9.17, 15) is 9.59 Å². The molecule has 1 heterocycles. The number of terminal acetylenes is 1. The lowest BCUT2D eigenvalue weighted by Crippen LogP contribution is -2.46. The minimum absolute atomic E-state index is 0.0624. The fourth-order valence-electron chi connectivity index (χ4n) is 1.43. The number of amides is 3. The van der Waals surface area contributed by atoms with Gasteiger partial charge in [-0.25, -0.2) is 4.79 Å². The first-order valence-corrected chi connectivity index (χ1v) is 4.38. The zero-order valence-corrected chi connectivity index (χ0v) is 8.30. The maximum Gasteiger partial charge on any atom is 0.346 e. The van der Waals surface area contributed by atoms with E-state index in [2.05, 4.69) is 10.9 Å². The van der Waals surface area contributed by atoms with Crippen LogP contribution in [-0.4, -0.2) is 34.8 Å². The first kappa shape index (κ1) is 11.0. The second-order valence-electron chi connectivity index (χ2n) is 3.26. The smallest absolute Gasteiger partial charge is 0.346 e. The summed E-state index contributed by atoms with van der Waals surface area (Å²) in [5.41, 5.74) is 10.6. The predicted octanol–water partition coefficient (Wildman–Crippen LogP) is -0.955. The van der Waals surface area contributed by atoms with E-state index in [0.717, 1.165) is 0 Å². The van der Waals surface area contributed by atoms with Gasteiger partial charge >= 0.3 is 6.03 Å². The maximum absolute atomic E-state index is 11.4. The zero-order chi connectivity index (χ0) is 11.6. The number of hydrogen-bond donors (Lipinski definition) is 2. The Morgan fingerprint density at radius 2 is 2.40 bits per heavy atom. The monoisotopic (exact) mass is 208 g/mol. The number of nitrogens with two attached hydrogens (primary N) is 2. The zero-order valence-electron chi connectivity index (χ0n) is 8.30. The molecule has 15 heavy (non-hydrogen) atoms. The van der Waals surface area contributed by atoms with Crippen LogP contribution in [0.15, 0.2) is 4.99 Å². The fourth-order valence-corrected chi connectivity index (χ4v) is 1.43. The van der Waals surface area contributed by atoms with E-state index in [0.29, 0.717) is 0 Å². The summed E-state index contributed by atoms with van der Waals surface area (Å²) in [7, 11) is 0. The average molecular weight is 208 g/mol. The van der Waals surface area contributed by atoms with E-state index in [4.69, 9.17) is 17.9 Å². The van der Waals surface area contributed by atoms with Crippen molar-refractivity contribution in [2.24, 2.45) is 16.5 Å². The summed E-state index contributed by atoms with van der Waals surface area (Å²) in [4.78, 5) is 27.0. The molecule has 80 valence electrons. The molecule has 0 spiro atoms. The highest BCUT2D eigenvalue weighted by Gasteiger charge is 2.36. The van der Waals surface area contributed by atoms with Crippen LogP contribution in [0.2, 0.25) is 0 Å². The molecule has 3 amide bonds. The minimum Gasteiger partial charge on any atom is -0.385 e. The Labute approximate surface area is 87.3 Å². The van der Waals surface area contributed by atoms with Gasteiger partial charge in [0.2, 0.25) is 5.91 Å². The van der Waals surface area contributed by atoms with E-state index in [1.807, 2.05) is 0 Å². The number of aliphatic imine (C=N–C) groups is 1. The van der Waals surface area contributed by atoms with Crippen LogP contribution >= 0.6 is 0 Å². The van der Waals surface area contributed by atoms with Crippen LogP contribution in [0.25, 0.3) is 0 Å². The molecular weight excluding hydrogens is 196 g/mol. The van der Waals surface area contributed by atoms with Crippen molar-refractivity contribution in [3.8, 4) is 12.3 Å². The van der Waals surface area contributed by atoms with Crippen molar-refractivity contribution in [3.63, 3.8) is 0 Å². The van der Waals surface area contributed by atoms with Crippen LogP contribution in [0.5, 0.6) is 0 Å². The van der Waals surface area contributed by atoms with Gasteiger partial charge in [0.25, 0.3) is 0 Å². The van der Waals surface area contributed by atoms with Crippen LogP contribution in [-0.2, 0) is 4.79 Å². The molecule has 0 saturated carbocycles. The summed E-state index contributed by atoms with van der Waals surface area (Å²) in [6.45, 7) is 1.65. The summed E-state index contributed by atoms with van der Waals surface area (Å²) >= 11 is 0. The molecule has 1 aliphatic rings. The molecule has 0 radical (unpaired) electrons. The van der Waals surface area contributed by atoms with Crippen molar-refractivity contribution >= 4 is 17.8 Å². The molecule has 0 aliphatic carbocycles. The molecule has 1 aliphatic heterocycles. The van der Waals surface area contributed by atoms with Crippen molar-refractivity contribution in [2.45, 2.75) is 25.4 Å². The number of nitrogens with zero attached hydrogens (tertiary/aromatic N) is 2. The van der Waals surface area contributed by atoms with Gasteiger partial charge in [-0.3, -0.25) is 9.69 Å². The lowest BCUT2D eigenvalue weighted by atomic mass is 10.1. The van der Waals surface area contributed by atoms with Gasteiger partial charge in [-0.2, -0.15) is 4.99 Å². The van der Waals surface area contributed by atoms with Crippen molar-refractivity contribution in [3.05, 3.63) is 0 Å². The maximum atomic E-state index is 11.4. The third kappa shape index (κ3) is 2.07. The Morgan fingerprint density at radius 3 is 2.87 bits per heavy atom. The molecule has 2 atom stereocenters. The van der Waals surface area contributed by atoms with E-state index >= 15 is 0 Å². The SMILES string of the molecule is C#CC(C)N1C(=O)N=C(N)C1CC(N)=O. The Morgan fingerprint density at radius 1 is 1.80 bits per heavy atom. The van der Waals surface area contributed by atoms with Gasteiger partial charge in [-0.1, -0.05) is 5.92 Å². The van der Waals surface area contributed by atoms with Gasteiger partial charge in [0.15, 0.2) is 0 Å². The molecule has 0 bridgehead atoms. The first-order chi connectivity index (χ1) is 6.97. The number of carbonyl (C=O) groups excluding carboxylic acids is 2. The number of hydrogen-bond acceptors (Lipinski definition) is 3. The summed E-state index contributed by atoms with van der Waals surface area (Å²) in [6.07, 6.45) is 5.14. The summed E-state index contributed by atoms with van der Waals surface area (Å²) < 4.78 is 0. The van der Waals surface area contributed by atoms with Crippen LogP contribution in [0.3, 0.4) is 0 Å². The van der Waals surface area contributed by atoms with Gasteiger partial charge in [0.1, 0.15) is 11.9 Å². The molecule has 0 fully saturated rings. The quantitative estimate of drug-likeness (QED) is 0.584. The number of amidine groups is 1. The predicted molar refractivity (Wildman–Crippen MR) is 54.8 cm³/mol. The van der Waals surface area contributed by atoms with Gasteiger partial charge in [-0.15, -0.1) is 6.42 Å². The lowest BCUT2D eigenvalue weighted by molar-refractivity contribution is -0.118. The van der Waals surface area contributed by atoms with Crippen molar-refractivity contribution in [1.29, 1.82) is 0 Å². The molecule has 4 N–H and O–H groups in total. The van der Waals surface area contributed by atoms with Crippen molar-refractivity contribution in [1.82, 2.24) is 4.90 Å². The third-order valence-electron chi connectivity index (χ3n) is 2.18. The Bertz CT molecular complexity index is 369. The fraction of sp³-hybridized carbons (Fsp3) is 0.444. The highest BCUT2D eigenvalue weighted by Crippen LogP contribution is 2.17. The Balaban J connectivity index is 2.91.